The van der Waals surface area contributed by atoms with E-state index in [-0.39, 0.29) is 5.04 Å². The summed E-state index contributed by atoms with van der Waals surface area (Å²) in [5.74, 6) is 0. The highest BCUT2D eigenvalue weighted by atomic mass is 28.4. The summed E-state index contributed by atoms with van der Waals surface area (Å²) in [6.07, 6.45) is 2.66. The molecule has 0 bridgehead atoms. The summed E-state index contributed by atoms with van der Waals surface area (Å²) in [6.45, 7) is 12.1. The van der Waals surface area contributed by atoms with Crippen LogP contribution in [-0.4, -0.2) is 19.9 Å². The minimum Gasteiger partial charge on any atom is -0.416 e. The SMILES string of the molecule is CC(C)(C)[Si](C)(C)OCCc1[c]cccn1. The highest BCUT2D eigenvalue weighted by Crippen LogP contribution is 2.36. The maximum absolute atomic E-state index is 6.08. The Morgan fingerprint density at radius 1 is 1.38 bits per heavy atom. The Kier molecular flexibility index (Phi) is 4.27. The topological polar surface area (TPSA) is 22.1 Å². The van der Waals surface area contributed by atoms with Crippen molar-refractivity contribution in [2.24, 2.45) is 0 Å². The number of rotatable bonds is 4. The maximum Gasteiger partial charge on any atom is 0.191 e. The molecule has 1 radical (unpaired) electrons. The molecule has 1 aromatic rings. The molecule has 0 amide bonds. The molecule has 2 nitrogen and oxygen atoms in total. The number of nitrogens with zero attached hydrogens (tertiary/aromatic N) is 1. The Morgan fingerprint density at radius 2 is 2.06 bits per heavy atom. The lowest BCUT2D eigenvalue weighted by Crippen LogP contribution is -2.41. The average Bonchev–Trinajstić information content (AvgIpc) is 2.17. The highest BCUT2D eigenvalue weighted by Gasteiger charge is 2.36. The van der Waals surface area contributed by atoms with Crippen molar-refractivity contribution in [1.29, 1.82) is 0 Å². The van der Waals surface area contributed by atoms with Crippen LogP contribution in [0.25, 0.3) is 0 Å². The second kappa shape index (κ2) is 5.10. The van der Waals surface area contributed by atoms with Gasteiger partial charge >= 0.3 is 0 Å². The summed E-state index contributed by atoms with van der Waals surface area (Å²) in [5, 5.41) is 0.279. The van der Waals surface area contributed by atoms with Gasteiger partial charge in [0.1, 0.15) is 0 Å². The first-order valence-corrected chi connectivity index (χ1v) is 8.69. The lowest BCUT2D eigenvalue weighted by Gasteiger charge is -2.36. The third kappa shape index (κ3) is 3.72. The van der Waals surface area contributed by atoms with Gasteiger partial charge < -0.3 is 4.43 Å². The van der Waals surface area contributed by atoms with Gasteiger partial charge in [-0.05, 0) is 24.2 Å². The van der Waals surface area contributed by atoms with E-state index in [2.05, 4.69) is 44.9 Å². The van der Waals surface area contributed by atoms with Crippen molar-refractivity contribution in [2.75, 3.05) is 6.61 Å². The Bertz CT molecular complexity index is 316. The molecule has 16 heavy (non-hydrogen) atoms. The second-order valence-electron chi connectivity index (χ2n) is 5.59. The molecule has 0 saturated heterocycles. The number of hydrogen-bond acceptors (Lipinski definition) is 2. The Morgan fingerprint density at radius 3 is 2.56 bits per heavy atom. The van der Waals surface area contributed by atoms with E-state index in [0.29, 0.717) is 0 Å². The molecule has 0 spiro atoms. The molecular weight excluding hydrogens is 214 g/mol. The van der Waals surface area contributed by atoms with E-state index in [4.69, 9.17) is 4.43 Å². The first-order chi connectivity index (χ1) is 7.33. The van der Waals surface area contributed by atoms with Gasteiger partial charge in [-0.1, -0.05) is 26.8 Å². The van der Waals surface area contributed by atoms with Gasteiger partial charge in [0.2, 0.25) is 0 Å². The lowest BCUT2D eigenvalue weighted by molar-refractivity contribution is 0.290. The molecule has 0 fully saturated rings. The molecule has 1 heterocycles. The van der Waals surface area contributed by atoms with Crippen LogP contribution in [0.15, 0.2) is 18.3 Å². The molecule has 89 valence electrons. The standard InChI is InChI=1S/C13H22NOSi/c1-13(2,3)16(4,5)15-11-9-12-8-6-7-10-14-12/h6-7,10H,9,11H2,1-5H3. The predicted octanol–water partition coefficient (Wildman–Crippen LogP) is 3.45. The van der Waals surface area contributed by atoms with E-state index in [9.17, 15) is 0 Å². The molecule has 0 aliphatic heterocycles. The fraction of sp³-hybridized carbons (Fsp3) is 0.615. The fourth-order valence-corrected chi connectivity index (χ4v) is 2.16. The van der Waals surface area contributed by atoms with Gasteiger partial charge in [-0.2, -0.15) is 0 Å². The monoisotopic (exact) mass is 236 g/mol. The molecule has 0 unspecified atom stereocenters. The van der Waals surface area contributed by atoms with Crippen LogP contribution in [0.3, 0.4) is 0 Å². The normalized spacial score (nSPS) is 12.8. The Balaban J connectivity index is 2.42. The van der Waals surface area contributed by atoms with E-state index < -0.39 is 8.32 Å². The number of pyridine rings is 1. The summed E-state index contributed by atoms with van der Waals surface area (Å²) < 4.78 is 6.08. The maximum atomic E-state index is 6.08. The highest BCUT2D eigenvalue weighted by molar-refractivity contribution is 6.74. The first-order valence-electron chi connectivity index (χ1n) is 5.78. The van der Waals surface area contributed by atoms with Crippen molar-refractivity contribution in [3.63, 3.8) is 0 Å². The van der Waals surface area contributed by atoms with Crippen LogP contribution >= 0.6 is 0 Å². The summed E-state index contributed by atoms with van der Waals surface area (Å²) in [5.41, 5.74) is 0.987. The fourth-order valence-electron chi connectivity index (χ4n) is 1.11. The van der Waals surface area contributed by atoms with Crippen molar-refractivity contribution in [3.8, 4) is 0 Å². The van der Waals surface area contributed by atoms with E-state index in [1.165, 1.54) is 0 Å². The molecule has 0 N–H and O–H groups in total. The molecule has 0 aliphatic carbocycles. The van der Waals surface area contributed by atoms with Gasteiger partial charge in [-0.15, -0.1) is 0 Å². The molecule has 1 rings (SSSR count). The molecule has 0 saturated carbocycles. The molecule has 0 atom stereocenters. The number of hydrogen-bond donors (Lipinski definition) is 0. The van der Waals surface area contributed by atoms with Crippen LogP contribution in [0.2, 0.25) is 18.1 Å². The van der Waals surface area contributed by atoms with E-state index in [1.807, 2.05) is 12.1 Å². The van der Waals surface area contributed by atoms with Gasteiger partial charge in [-0.3, -0.25) is 4.98 Å². The third-order valence-electron chi connectivity index (χ3n) is 3.27. The summed E-state index contributed by atoms with van der Waals surface area (Å²) in [6, 6.07) is 6.90. The van der Waals surface area contributed by atoms with Gasteiger partial charge in [0.25, 0.3) is 0 Å². The zero-order chi connectivity index (χ0) is 12.2. The second-order valence-corrected chi connectivity index (χ2v) is 10.4. The smallest absolute Gasteiger partial charge is 0.191 e. The zero-order valence-corrected chi connectivity index (χ0v) is 12.0. The van der Waals surface area contributed by atoms with Crippen LogP contribution in [0.1, 0.15) is 26.5 Å². The van der Waals surface area contributed by atoms with Crippen molar-refractivity contribution in [2.45, 2.75) is 45.3 Å². The Hall–Kier alpha value is -0.673. The third-order valence-corrected chi connectivity index (χ3v) is 7.81. The molecule has 0 aromatic carbocycles. The Labute approximate surface area is 100 Å². The lowest BCUT2D eigenvalue weighted by atomic mass is 10.2. The predicted molar refractivity (Wildman–Crippen MR) is 69.9 cm³/mol. The quantitative estimate of drug-likeness (QED) is 0.747. The number of aromatic nitrogens is 1. The van der Waals surface area contributed by atoms with Crippen LogP contribution in [0.4, 0.5) is 0 Å². The van der Waals surface area contributed by atoms with Crippen molar-refractivity contribution >= 4 is 8.32 Å². The van der Waals surface area contributed by atoms with Gasteiger partial charge in [0.15, 0.2) is 8.32 Å². The van der Waals surface area contributed by atoms with E-state index in [0.717, 1.165) is 18.7 Å². The molecule has 0 aliphatic rings. The van der Waals surface area contributed by atoms with Crippen molar-refractivity contribution in [3.05, 3.63) is 30.1 Å². The van der Waals surface area contributed by atoms with E-state index >= 15 is 0 Å². The van der Waals surface area contributed by atoms with E-state index in [1.54, 1.807) is 6.20 Å². The minimum atomic E-state index is -1.60. The molecule has 3 heteroatoms. The van der Waals surface area contributed by atoms with Crippen molar-refractivity contribution in [1.82, 2.24) is 4.98 Å². The van der Waals surface area contributed by atoms with Crippen LogP contribution in [0, 0.1) is 6.07 Å². The van der Waals surface area contributed by atoms with Gasteiger partial charge in [0, 0.05) is 25.3 Å². The largest absolute Gasteiger partial charge is 0.416 e. The van der Waals surface area contributed by atoms with Gasteiger partial charge in [0.05, 0.1) is 5.69 Å². The summed E-state index contributed by atoms with van der Waals surface area (Å²) >= 11 is 0. The molecule has 1 aromatic heterocycles. The summed E-state index contributed by atoms with van der Waals surface area (Å²) in [7, 11) is -1.60. The minimum absolute atomic E-state index is 0.279. The van der Waals surface area contributed by atoms with Crippen LogP contribution in [0.5, 0.6) is 0 Å². The first kappa shape index (κ1) is 13.4. The van der Waals surface area contributed by atoms with Crippen molar-refractivity contribution < 1.29 is 4.43 Å². The zero-order valence-electron chi connectivity index (χ0n) is 11.0. The average molecular weight is 236 g/mol. The summed E-state index contributed by atoms with van der Waals surface area (Å²) in [4.78, 5) is 4.24. The van der Waals surface area contributed by atoms with Crippen LogP contribution in [-0.2, 0) is 10.8 Å². The van der Waals surface area contributed by atoms with Gasteiger partial charge in [-0.25, -0.2) is 0 Å². The van der Waals surface area contributed by atoms with Crippen LogP contribution < -0.4 is 0 Å². The molecular formula is C13H22NOSi.